The summed E-state index contributed by atoms with van der Waals surface area (Å²) >= 11 is 0. The molecule has 0 unspecified atom stereocenters. The summed E-state index contributed by atoms with van der Waals surface area (Å²) in [6.45, 7) is 1.94. The van der Waals surface area contributed by atoms with Gasteiger partial charge in [-0.05, 0) is 53.1 Å². The van der Waals surface area contributed by atoms with Gasteiger partial charge < -0.3 is 0 Å². The lowest BCUT2D eigenvalue weighted by atomic mass is 9.81. The van der Waals surface area contributed by atoms with Crippen molar-refractivity contribution in [2.75, 3.05) is 0 Å². The smallest absolute Gasteiger partial charge is 0.289 e. The zero-order valence-electron chi connectivity index (χ0n) is 20.9. The summed E-state index contributed by atoms with van der Waals surface area (Å²) in [6, 6.07) is 7.51. The molecule has 2 aromatic rings. The van der Waals surface area contributed by atoms with Gasteiger partial charge in [-0.2, -0.15) is 16.8 Å². The lowest BCUT2D eigenvalue weighted by Crippen LogP contribution is -2.18. The molecule has 206 valence electrons. The number of Topliss-reactive ketones (excluding diaryl/α,β-unsaturated/α-hetero) is 1. The Kier molecular flexibility index (Phi) is 9.45. The molecule has 0 amide bonds. The van der Waals surface area contributed by atoms with Crippen molar-refractivity contribution in [3.63, 3.8) is 0 Å². The molecule has 3 rings (SSSR count). The number of nitrogens with zero attached hydrogens (tertiary/aromatic N) is 6. The SMILES string of the molecule is CC1CC(=CC=Cc2ccc(N=[N+]=[N-])cc2S(=O)(=O)O)C(=O)C(=CC=Cc2ccc(N=[N+]=[N-])cc2S(=O)(=O)O)C1. The van der Waals surface area contributed by atoms with Crippen LogP contribution < -0.4 is 0 Å². The first-order valence-corrected chi connectivity index (χ1v) is 14.3. The fourth-order valence-corrected chi connectivity index (χ4v) is 5.44. The van der Waals surface area contributed by atoms with E-state index in [9.17, 15) is 30.7 Å². The molecule has 0 aromatic heterocycles. The van der Waals surface area contributed by atoms with Crippen LogP contribution in [0.5, 0.6) is 0 Å². The van der Waals surface area contributed by atoms with E-state index in [1.165, 1.54) is 60.7 Å². The number of hydrogen-bond acceptors (Lipinski definition) is 7. The maximum absolute atomic E-state index is 13.1. The van der Waals surface area contributed by atoms with Gasteiger partial charge in [-0.25, -0.2) is 0 Å². The number of benzene rings is 2. The van der Waals surface area contributed by atoms with Crippen molar-refractivity contribution in [3.05, 3.63) is 104 Å². The lowest BCUT2D eigenvalue weighted by Gasteiger charge is -2.22. The Morgan fingerprint density at radius 2 is 1.20 bits per heavy atom. The molecule has 1 aliphatic carbocycles. The molecule has 0 bridgehead atoms. The van der Waals surface area contributed by atoms with E-state index in [0.717, 1.165) is 12.1 Å². The number of carbonyl (C=O) groups is 1. The van der Waals surface area contributed by atoms with E-state index in [1.54, 1.807) is 0 Å². The molecule has 2 N–H and O–H groups in total. The Balaban J connectivity index is 1.90. The molecule has 0 heterocycles. The number of hydrogen-bond donors (Lipinski definition) is 2. The Labute approximate surface area is 229 Å². The highest BCUT2D eigenvalue weighted by Crippen LogP contribution is 2.31. The lowest BCUT2D eigenvalue weighted by molar-refractivity contribution is -0.113. The summed E-state index contributed by atoms with van der Waals surface area (Å²) in [6.07, 6.45) is 9.72. The van der Waals surface area contributed by atoms with Crippen LogP contribution in [0.4, 0.5) is 11.4 Å². The van der Waals surface area contributed by atoms with Crippen LogP contribution in [-0.2, 0) is 25.0 Å². The molecule has 15 heteroatoms. The summed E-state index contributed by atoms with van der Waals surface area (Å²) in [5.74, 6) is -0.167. The molecule has 0 spiro atoms. The third-order valence-corrected chi connectivity index (χ3v) is 7.56. The van der Waals surface area contributed by atoms with Crippen LogP contribution in [0.1, 0.15) is 30.9 Å². The predicted molar refractivity (Wildman–Crippen MR) is 148 cm³/mol. The minimum atomic E-state index is -4.62. The Morgan fingerprint density at radius 1 is 0.800 bits per heavy atom. The van der Waals surface area contributed by atoms with Gasteiger partial charge in [-0.15, -0.1) is 0 Å². The van der Waals surface area contributed by atoms with E-state index in [1.807, 2.05) is 6.92 Å². The second-order valence-electron chi connectivity index (χ2n) is 8.72. The number of ketones is 1. The first-order valence-electron chi connectivity index (χ1n) is 11.5. The third-order valence-electron chi connectivity index (χ3n) is 5.74. The molecule has 1 fully saturated rings. The summed E-state index contributed by atoms with van der Waals surface area (Å²) < 4.78 is 66.2. The first-order chi connectivity index (χ1) is 18.8. The Bertz CT molecular complexity index is 1670. The van der Waals surface area contributed by atoms with E-state index in [4.69, 9.17) is 11.1 Å². The van der Waals surface area contributed by atoms with Crippen LogP contribution in [0.2, 0.25) is 0 Å². The fourth-order valence-electron chi connectivity index (χ4n) is 4.03. The highest BCUT2D eigenvalue weighted by molar-refractivity contribution is 7.86. The minimum Gasteiger partial charge on any atom is -0.289 e. The van der Waals surface area contributed by atoms with Crippen molar-refractivity contribution >= 4 is 49.5 Å². The van der Waals surface area contributed by atoms with Crippen molar-refractivity contribution in [1.82, 2.24) is 0 Å². The summed E-state index contributed by atoms with van der Waals surface area (Å²) in [5.41, 5.74) is 18.2. The van der Waals surface area contributed by atoms with Gasteiger partial charge in [-0.1, -0.05) is 77.9 Å². The standard InChI is InChI=1S/C25H22N6O7S2/c1-16-12-19(6-2-4-17-8-10-21(28-30-26)14-23(17)39(33,34)35)25(32)20(13-16)7-3-5-18-9-11-22(29-31-27)15-24(18)40(36,37)38/h2-11,14-16H,12-13H2,1H3,(H,33,34,35)(H,36,37,38). The molecule has 0 atom stereocenters. The van der Waals surface area contributed by atoms with Crippen LogP contribution in [0.3, 0.4) is 0 Å². The van der Waals surface area contributed by atoms with Gasteiger partial charge in [0.25, 0.3) is 20.2 Å². The highest BCUT2D eigenvalue weighted by Gasteiger charge is 2.24. The molecule has 1 saturated carbocycles. The predicted octanol–water partition coefficient (Wildman–Crippen LogP) is 6.64. The molecular weight excluding hydrogens is 560 g/mol. The van der Waals surface area contributed by atoms with Gasteiger partial charge >= 0.3 is 0 Å². The first kappa shape index (κ1) is 30.1. The molecule has 0 saturated heterocycles. The molecular formula is C25H22N6O7S2. The van der Waals surface area contributed by atoms with Gasteiger partial charge in [0.2, 0.25) is 0 Å². The van der Waals surface area contributed by atoms with Crippen molar-refractivity contribution < 1.29 is 30.7 Å². The van der Waals surface area contributed by atoms with Gasteiger partial charge in [-0.3, -0.25) is 13.9 Å². The normalized spacial score (nSPS) is 18.3. The fraction of sp³-hybridized carbons (Fsp3) is 0.160. The third kappa shape index (κ3) is 7.77. The van der Waals surface area contributed by atoms with E-state index in [2.05, 4.69) is 20.1 Å². The maximum Gasteiger partial charge on any atom is 0.295 e. The zero-order chi connectivity index (χ0) is 29.5. The Hall–Kier alpha value is -4.49. The summed E-state index contributed by atoms with van der Waals surface area (Å²) in [5, 5.41) is 6.65. The van der Waals surface area contributed by atoms with E-state index >= 15 is 0 Å². The molecule has 40 heavy (non-hydrogen) atoms. The second kappa shape index (κ2) is 12.6. The monoisotopic (exact) mass is 582 g/mol. The van der Waals surface area contributed by atoms with Crippen LogP contribution in [0, 0.1) is 5.92 Å². The van der Waals surface area contributed by atoms with Gasteiger partial charge in [0.05, 0.1) is 0 Å². The summed E-state index contributed by atoms with van der Waals surface area (Å²) in [4.78, 5) is 17.3. The highest BCUT2D eigenvalue weighted by atomic mass is 32.2. The number of allylic oxidation sites excluding steroid dienone is 6. The zero-order valence-corrected chi connectivity index (χ0v) is 22.5. The van der Waals surface area contributed by atoms with Gasteiger partial charge in [0, 0.05) is 32.3 Å². The van der Waals surface area contributed by atoms with Crippen LogP contribution in [-0.4, -0.2) is 31.7 Å². The van der Waals surface area contributed by atoms with Crippen LogP contribution >= 0.6 is 0 Å². The molecule has 0 radical (unpaired) electrons. The quantitative estimate of drug-likeness (QED) is 0.113. The second-order valence-corrected chi connectivity index (χ2v) is 11.5. The topological polar surface area (TPSA) is 223 Å². The van der Waals surface area contributed by atoms with Crippen molar-refractivity contribution in [2.45, 2.75) is 29.6 Å². The maximum atomic E-state index is 13.1. The van der Waals surface area contributed by atoms with E-state index < -0.39 is 30.0 Å². The molecule has 0 aliphatic heterocycles. The van der Waals surface area contributed by atoms with E-state index in [0.29, 0.717) is 24.0 Å². The van der Waals surface area contributed by atoms with Gasteiger partial charge in [0.1, 0.15) is 9.79 Å². The van der Waals surface area contributed by atoms with Gasteiger partial charge in [0.15, 0.2) is 5.78 Å². The molecule has 13 nitrogen and oxygen atoms in total. The molecule has 1 aliphatic rings. The number of rotatable bonds is 8. The number of carbonyl (C=O) groups excluding carboxylic acids is 1. The Morgan fingerprint density at radius 3 is 1.55 bits per heavy atom. The minimum absolute atomic E-state index is 0.0000649. The van der Waals surface area contributed by atoms with Crippen molar-refractivity contribution in [2.24, 2.45) is 16.1 Å². The van der Waals surface area contributed by atoms with Crippen LogP contribution in [0.15, 0.2) is 91.9 Å². The largest absolute Gasteiger partial charge is 0.295 e. The molecule has 2 aromatic carbocycles. The number of azide groups is 2. The average molecular weight is 583 g/mol. The van der Waals surface area contributed by atoms with Crippen molar-refractivity contribution in [1.29, 1.82) is 0 Å². The van der Waals surface area contributed by atoms with Crippen molar-refractivity contribution in [3.8, 4) is 0 Å². The van der Waals surface area contributed by atoms with E-state index in [-0.39, 0.29) is 34.2 Å². The van der Waals surface area contributed by atoms with Crippen LogP contribution in [0.25, 0.3) is 33.0 Å². The average Bonchev–Trinajstić information content (AvgIpc) is 2.87. The summed E-state index contributed by atoms with van der Waals surface area (Å²) in [7, 11) is -9.24.